The van der Waals surface area contributed by atoms with Gasteiger partial charge in [-0.1, -0.05) is 52.7 Å². The molecule has 0 saturated carbocycles. The van der Waals surface area contributed by atoms with Crippen molar-refractivity contribution in [2.45, 2.75) is 86.1 Å². The number of hydrogen-bond acceptors (Lipinski definition) is 3. The number of rotatable bonds is 11. The quantitative estimate of drug-likeness (QED) is 0.622. The van der Waals surface area contributed by atoms with E-state index >= 15 is 0 Å². The highest BCUT2D eigenvalue weighted by Gasteiger charge is 2.09. The maximum absolute atomic E-state index is 11.8. The molecule has 1 aromatic heterocycles. The molecular formula is C19H36N4O. The zero-order valence-electron chi connectivity index (χ0n) is 16.3. The summed E-state index contributed by atoms with van der Waals surface area (Å²) < 4.78 is 1.87. The van der Waals surface area contributed by atoms with Crippen molar-refractivity contribution in [3.05, 3.63) is 11.9 Å². The van der Waals surface area contributed by atoms with Crippen LogP contribution in [0.3, 0.4) is 0 Å². The summed E-state index contributed by atoms with van der Waals surface area (Å²) in [4.78, 5) is 11.8. The maximum Gasteiger partial charge on any atom is 0.219 e. The van der Waals surface area contributed by atoms with Crippen molar-refractivity contribution in [3.8, 4) is 0 Å². The molecule has 0 atom stereocenters. The summed E-state index contributed by atoms with van der Waals surface area (Å²) in [6, 6.07) is 0. The largest absolute Gasteiger partial charge is 0.356 e. The van der Waals surface area contributed by atoms with E-state index in [0.717, 1.165) is 37.9 Å². The van der Waals surface area contributed by atoms with E-state index in [2.05, 4.69) is 50.2 Å². The fraction of sp³-hybridized carbons (Fsp3) is 0.842. The minimum atomic E-state index is 0.171. The third-order valence-electron chi connectivity index (χ3n) is 3.92. The fourth-order valence-electron chi connectivity index (χ4n) is 2.63. The van der Waals surface area contributed by atoms with Gasteiger partial charge >= 0.3 is 0 Å². The number of carbonyl (C=O) groups excluding carboxylic acids is 1. The van der Waals surface area contributed by atoms with Crippen LogP contribution in [-0.2, 0) is 17.8 Å². The van der Waals surface area contributed by atoms with Gasteiger partial charge in [-0.25, -0.2) is 0 Å². The molecule has 0 fully saturated rings. The molecule has 0 spiro atoms. The van der Waals surface area contributed by atoms with Gasteiger partial charge in [-0.2, -0.15) is 0 Å². The van der Waals surface area contributed by atoms with Gasteiger partial charge in [0.2, 0.25) is 5.91 Å². The van der Waals surface area contributed by atoms with E-state index in [0.29, 0.717) is 24.3 Å². The molecule has 0 unspecified atom stereocenters. The number of amides is 1. The van der Waals surface area contributed by atoms with Crippen LogP contribution >= 0.6 is 0 Å². The van der Waals surface area contributed by atoms with E-state index in [1.54, 1.807) is 0 Å². The lowest BCUT2D eigenvalue weighted by molar-refractivity contribution is -0.121. The Labute approximate surface area is 147 Å². The number of hydrogen-bond donors (Lipinski definition) is 1. The van der Waals surface area contributed by atoms with Crippen LogP contribution in [-0.4, -0.2) is 27.4 Å². The first-order valence-electron chi connectivity index (χ1n) is 9.42. The second-order valence-electron chi connectivity index (χ2n) is 8.40. The van der Waals surface area contributed by atoms with E-state index in [1.165, 1.54) is 12.8 Å². The highest BCUT2D eigenvalue weighted by Crippen LogP contribution is 2.22. The van der Waals surface area contributed by atoms with E-state index in [1.807, 2.05) is 10.9 Å². The molecule has 0 saturated heterocycles. The summed E-state index contributed by atoms with van der Waals surface area (Å²) >= 11 is 0. The van der Waals surface area contributed by atoms with Gasteiger partial charge in [0, 0.05) is 25.7 Å². The molecule has 1 amide bonds. The number of nitrogens with zero attached hydrogens (tertiary/aromatic N) is 3. The first-order valence-corrected chi connectivity index (χ1v) is 9.42. The molecule has 5 nitrogen and oxygen atoms in total. The van der Waals surface area contributed by atoms with Crippen molar-refractivity contribution in [1.82, 2.24) is 20.3 Å². The molecule has 1 N–H and O–H groups in total. The van der Waals surface area contributed by atoms with Crippen molar-refractivity contribution in [1.29, 1.82) is 0 Å². The Morgan fingerprint density at radius 3 is 2.62 bits per heavy atom. The van der Waals surface area contributed by atoms with Gasteiger partial charge < -0.3 is 5.32 Å². The third-order valence-corrected chi connectivity index (χ3v) is 3.92. The Hall–Kier alpha value is -1.39. The van der Waals surface area contributed by atoms with Crippen LogP contribution in [0.5, 0.6) is 0 Å². The molecule has 5 heteroatoms. The van der Waals surface area contributed by atoms with Crippen molar-refractivity contribution in [2.75, 3.05) is 6.54 Å². The first kappa shape index (κ1) is 20.7. The van der Waals surface area contributed by atoms with Crippen LogP contribution in [0.25, 0.3) is 0 Å². The molecule has 0 radical (unpaired) electrons. The normalized spacial score (nSPS) is 11.9. The Morgan fingerprint density at radius 1 is 1.21 bits per heavy atom. The third kappa shape index (κ3) is 10.4. The Balaban J connectivity index is 2.04. The summed E-state index contributed by atoms with van der Waals surface area (Å²) in [5.74, 6) is 0.766. The second kappa shape index (κ2) is 10.5. The van der Waals surface area contributed by atoms with E-state index in [-0.39, 0.29) is 5.91 Å². The highest BCUT2D eigenvalue weighted by atomic mass is 16.1. The van der Waals surface area contributed by atoms with Gasteiger partial charge in [-0.05, 0) is 37.0 Å². The lowest BCUT2D eigenvalue weighted by Gasteiger charge is -2.17. The van der Waals surface area contributed by atoms with Crippen LogP contribution in [0, 0.1) is 11.3 Å². The van der Waals surface area contributed by atoms with Gasteiger partial charge in [-0.15, -0.1) is 5.10 Å². The molecule has 24 heavy (non-hydrogen) atoms. The van der Waals surface area contributed by atoms with E-state index in [9.17, 15) is 4.79 Å². The van der Waals surface area contributed by atoms with Gasteiger partial charge in [0.25, 0.3) is 0 Å². The standard InChI is InChI=1S/C19H36N4O/c1-16(2)14-17-15-23(22-21-17)13-9-12-20-18(24)10-7-6-8-11-19(3,4)5/h15-16H,6-14H2,1-5H3,(H,20,24). The lowest BCUT2D eigenvalue weighted by atomic mass is 9.89. The maximum atomic E-state index is 11.8. The smallest absolute Gasteiger partial charge is 0.219 e. The van der Waals surface area contributed by atoms with Gasteiger partial charge in [0.1, 0.15) is 0 Å². The summed E-state index contributed by atoms with van der Waals surface area (Å²) in [6.45, 7) is 12.7. The molecule has 0 aromatic carbocycles. The Morgan fingerprint density at radius 2 is 1.96 bits per heavy atom. The zero-order chi connectivity index (χ0) is 18.0. The average Bonchev–Trinajstić information content (AvgIpc) is 2.88. The number of carbonyl (C=O) groups is 1. The predicted molar refractivity (Wildman–Crippen MR) is 98.7 cm³/mol. The zero-order valence-corrected chi connectivity index (χ0v) is 16.3. The summed E-state index contributed by atoms with van der Waals surface area (Å²) in [5.41, 5.74) is 1.45. The SMILES string of the molecule is CC(C)Cc1cn(CCCNC(=O)CCCCCC(C)(C)C)nn1. The van der Waals surface area contributed by atoms with Gasteiger partial charge in [0.15, 0.2) is 0 Å². The van der Waals surface area contributed by atoms with Crippen LogP contribution < -0.4 is 5.32 Å². The lowest BCUT2D eigenvalue weighted by Crippen LogP contribution is -2.25. The monoisotopic (exact) mass is 336 g/mol. The summed E-state index contributed by atoms with van der Waals surface area (Å²) in [7, 11) is 0. The first-order chi connectivity index (χ1) is 11.3. The number of aryl methyl sites for hydroxylation is 1. The Bertz CT molecular complexity index is 474. The van der Waals surface area contributed by atoms with E-state index in [4.69, 9.17) is 0 Å². The van der Waals surface area contributed by atoms with E-state index < -0.39 is 0 Å². The molecule has 0 aliphatic rings. The molecule has 0 bridgehead atoms. The summed E-state index contributed by atoms with van der Waals surface area (Å²) in [6.07, 6.45) is 9.08. The molecule has 1 rings (SSSR count). The van der Waals surface area contributed by atoms with Crippen LogP contribution in [0.15, 0.2) is 6.20 Å². The van der Waals surface area contributed by atoms with Crippen LogP contribution in [0.2, 0.25) is 0 Å². The van der Waals surface area contributed by atoms with Crippen molar-refractivity contribution < 1.29 is 4.79 Å². The summed E-state index contributed by atoms with van der Waals surface area (Å²) in [5, 5.41) is 11.3. The fourth-order valence-corrected chi connectivity index (χ4v) is 2.63. The van der Waals surface area contributed by atoms with Gasteiger partial charge in [-0.3, -0.25) is 9.48 Å². The average molecular weight is 337 g/mol. The Kier molecular flexibility index (Phi) is 9.01. The van der Waals surface area contributed by atoms with Crippen LogP contribution in [0.1, 0.15) is 78.8 Å². The predicted octanol–water partition coefficient (Wildman–Crippen LogP) is 3.98. The molecular weight excluding hydrogens is 300 g/mol. The van der Waals surface area contributed by atoms with Crippen molar-refractivity contribution in [2.24, 2.45) is 11.3 Å². The number of aromatic nitrogens is 3. The van der Waals surface area contributed by atoms with Gasteiger partial charge in [0.05, 0.1) is 5.69 Å². The minimum absolute atomic E-state index is 0.171. The van der Waals surface area contributed by atoms with Crippen LogP contribution in [0.4, 0.5) is 0 Å². The second-order valence-corrected chi connectivity index (χ2v) is 8.40. The molecule has 1 heterocycles. The minimum Gasteiger partial charge on any atom is -0.356 e. The number of nitrogens with one attached hydrogen (secondary N) is 1. The highest BCUT2D eigenvalue weighted by molar-refractivity contribution is 5.75. The molecule has 138 valence electrons. The topological polar surface area (TPSA) is 59.8 Å². The number of unbranched alkanes of at least 4 members (excludes halogenated alkanes) is 2. The van der Waals surface area contributed by atoms with Crippen molar-refractivity contribution in [3.63, 3.8) is 0 Å². The molecule has 1 aromatic rings. The van der Waals surface area contributed by atoms with Crippen molar-refractivity contribution >= 4 is 5.91 Å². The molecule has 0 aliphatic carbocycles. The molecule has 0 aliphatic heterocycles.